The molecule has 4 aromatic rings. The number of fused-ring (bicyclic) bond motifs is 2. The van der Waals surface area contributed by atoms with Crippen molar-refractivity contribution in [2.45, 2.75) is 12.8 Å². The Morgan fingerprint density at radius 3 is 2.66 bits per heavy atom. The van der Waals surface area contributed by atoms with Crippen LogP contribution < -0.4 is 15.0 Å². The van der Waals surface area contributed by atoms with Crippen molar-refractivity contribution in [2.24, 2.45) is 0 Å². The van der Waals surface area contributed by atoms with Crippen LogP contribution in [-0.4, -0.2) is 25.5 Å². The van der Waals surface area contributed by atoms with E-state index >= 15 is 0 Å². The average Bonchev–Trinajstić information content (AvgIpc) is 3.28. The molecule has 0 fully saturated rings. The van der Waals surface area contributed by atoms with Gasteiger partial charge in [-0.1, -0.05) is 30.3 Å². The molecular formula is C26H22N2O4. The number of carbonyl (C=O) groups excluding carboxylic acids is 2. The van der Waals surface area contributed by atoms with Crippen molar-refractivity contribution in [1.29, 1.82) is 0 Å². The Morgan fingerprint density at radius 2 is 1.84 bits per heavy atom. The molecular weight excluding hydrogens is 404 g/mol. The first-order valence-corrected chi connectivity index (χ1v) is 10.5. The van der Waals surface area contributed by atoms with Crippen LogP contribution in [0.25, 0.3) is 11.0 Å². The number of aryl methyl sites for hydroxylation is 1. The molecule has 160 valence electrons. The third kappa shape index (κ3) is 3.60. The zero-order valence-electron chi connectivity index (χ0n) is 17.6. The normalized spacial score (nSPS) is 13.0. The highest BCUT2D eigenvalue weighted by molar-refractivity contribution is 6.08. The first-order chi connectivity index (χ1) is 15.6. The van der Waals surface area contributed by atoms with E-state index in [1.807, 2.05) is 65.6 Å². The van der Waals surface area contributed by atoms with Gasteiger partial charge in [0.05, 0.1) is 7.11 Å². The summed E-state index contributed by atoms with van der Waals surface area (Å²) in [5.41, 5.74) is 3.79. The third-order valence-corrected chi connectivity index (χ3v) is 5.67. The van der Waals surface area contributed by atoms with Crippen LogP contribution in [0.3, 0.4) is 0 Å². The van der Waals surface area contributed by atoms with E-state index < -0.39 is 0 Å². The molecule has 6 nitrogen and oxygen atoms in total. The van der Waals surface area contributed by atoms with Gasteiger partial charge in [0.2, 0.25) is 0 Å². The van der Waals surface area contributed by atoms with E-state index in [0.717, 1.165) is 29.5 Å². The Hall–Kier alpha value is -4.06. The predicted octanol–water partition coefficient (Wildman–Crippen LogP) is 5.29. The number of carbonyl (C=O) groups is 2. The summed E-state index contributed by atoms with van der Waals surface area (Å²) in [5.74, 6) is 0.442. The zero-order chi connectivity index (χ0) is 22.1. The van der Waals surface area contributed by atoms with Crippen LogP contribution in [0, 0.1) is 0 Å². The molecule has 0 bridgehead atoms. The minimum atomic E-state index is -0.337. The molecule has 6 heteroatoms. The van der Waals surface area contributed by atoms with Crippen LogP contribution in [-0.2, 0) is 6.42 Å². The summed E-state index contributed by atoms with van der Waals surface area (Å²) in [6.45, 7) is 0.674. The number of para-hydroxylation sites is 1. The van der Waals surface area contributed by atoms with Crippen molar-refractivity contribution in [3.63, 3.8) is 0 Å². The summed E-state index contributed by atoms with van der Waals surface area (Å²) in [6.07, 6.45) is 1.71. The number of rotatable bonds is 4. The van der Waals surface area contributed by atoms with Crippen LogP contribution in [0.5, 0.6) is 5.75 Å². The minimum absolute atomic E-state index is 0.0143. The van der Waals surface area contributed by atoms with Crippen LogP contribution in [0.4, 0.5) is 11.4 Å². The first-order valence-electron chi connectivity index (χ1n) is 10.5. The molecule has 1 aliphatic heterocycles. The van der Waals surface area contributed by atoms with Gasteiger partial charge in [-0.05, 0) is 60.9 Å². The van der Waals surface area contributed by atoms with E-state index in [1.165, 1.54) is 0 Å². The standard InChI is InChI=1S/C26H22N2O4/c1-31-22-11-5-9-19-16-23(32-24(19)22)25(29)27-20-12-13-21-18(15-20)10-6-14-28(21)26(30)17-7-3-2-4-8-17/h2-5,7-9,11-13,15-16H,6,10,14H2,1H3,(H,27,29). The van der Waals surface area contributed by atoms with Crippen LogP contribution in [0.2, 0.25) is 0 Å². The maximum atomic E-state index is 13.0. The molecule has 2 amide bonds. The van der Waals surface area contributed by atoms with Crippen molar-refractivity contribution >= 4 is 34.2 Å². The van der Waals surface area contributed by atoms with Crippen molar-refractivity contribution in [3.8, 4) is 5.75 Å². The average molecular weight is 426 g/mol. The second kappa shape index (κ2) is 8.23. The molecule has 0 unspecified atom stereocenters. The van der Waals surface area contributed by atoms with Gasteiger partial charge in [-0.15, -0.1) is 0 Å². The van der Waals surface area contributed by atoms with Gasteiger partial charge in [-0.25, -0.2) is 0 Å². The third-order valence-electron chi connectivity index (χ3n) is 5.67. The van der Waals surface area contributed by atoms with Crippen molar-refractivity contribution in [2.75, 3.05) is 23.9 Å². The van der Waals surface area contributed by atoms with Crippen LogP contribution >= 0.6 is 0 Å². The van der Waals surface area contributed by atoms with E-state index in [4.69, 9.17) is 9.15 Å². The summed E-state index contributed by atoms with van der Waals surface area (Å²) < 4.78 is 11.0. The molecule has 3 aromatic carbocycles. The quantitative estimate of drug-likeness (QED) is 0.482. The Morgan fingerprint density at radius 1 is 1.00 bits per heavy atom. The topological polar surface area (TPSA) is 71.8 Å². The number of hydrogen-bond acceptors (Lipinski definition) is 4. The highest BCUT2D eigenvalue weighted by atomic mass is 16.5. The fraction of sp³-hybridized carbons (Fsp3) is 0.154. The minimum Gasteiger partial charge on any atom is -0.493 e. The zero-order valence-corrected chi connectivity index (χ0v) is 17.6. The van der Waals surface area contributed by atoms with Crippen LogP contribution in [0.15, 0.2) is 77.2 Å². The lowest BCUT2D eigenvalue weighted by molar-refractivity contribution is 0.0981. The lowest BCUT2D eigenvalue weighted by atomic mass is 10.00. The fourth-order valence-electron chi connectivity index (χ4n) is 4.12. The number of nitrogens with zero attached hydrogens (tertiary/aromatic N) is 1. The number of amides is 2. The molecule has 1 aromatic heterocycles. The molecule has 1 aliphatic rings. The molecule has 0 saturated carbocycles. The van der Waals surface area contributed by atoms with Crippen molar-refractivity contribution < 1.29 is 18.7 Å². The summed E-state index contributed by atoms with van der Waals surface area (Å²) >= 11 is 0. The van der Waals surface area contributed by atoms with Gasteiger partial charge in [0.15, 0.2) is 17.1 Å². The van der Waals surface area contributed by atoms with Gasteiger partial charge in [-0.2, -0.15) is 0 Å². The fourth-order valence-corrected chi connectivity index (χ4v) is 4.12. The van der Waals surface area contributed by atoms with Gasteiger partial charge in [0, 0.05) is 28.9 Å². The lowest BCUT2D eigenvalue weighted by Crippen LogP contribution is -2.35. The number of nitrogens with one attached hydrogen (secondary N) is 1. The second-order valence-electron chi connectivity index (χ2n) is 7.71. The molecule has 32 heavy (non-hydrogen) atoms. The van der Waals surface area contributed by atoms with E-state index in [2.05, 4.69) is 5.32 Å². The predicted molar refractivity (Wildman–Crippen MR) is 124 cm³/mol. The number of ether oxygens (including phenoxy) is 1. The molecule has 0 atom stereocenters. The monoisotopic (exact) mass is 426 g/mol. The number of furan rings is 1. The van der Waals surface area contributed by atoms with Crippen molar-refractivity contribution in [3.05, 3.63) is 89.7 Å². The number of anilines is 2. The van der Waals surface area contributed by atoms with E-state index in [9.17, 15) is 9.59 Å². The Kier molecular flexibility index (Phi) is 5.11. The second-order valence-corrected chi connectivity index (χ2v) is 7.71. The summed E-state index contributed by atoms with van der Waals surface area (Å²) in [7, 11) is 1.57. The molecule has 0 spiro atoms. The number of hydrogen-bond donors (Lipinski definition) is 1. The van der Waals surface area contributed by atoms with Gasteiger partial charge in [-0.3, -0.25) is 9.59 Å². The molecule has 1 N–H and O–H groups in total. The highest BCUT2D eigenvalue weighted by Crippen LogP contribution is 2.32. The first kappa shape index (κ1) is 19.9. The highest BCUT2D eigenvalue weighted by Gasteiger charge is 2.24. The van der Waals surface area contributed by atoms with Gasteiger partial charge >= 0.3 is 0 Å². The number of benzene rings is 3. The Balaban J connectivity index is 1.38. The van der Waals surface area contributed by atoms with Gasteiger partial charge in [0.25, 0.3) is 11.8 Å². The Bertz CT molecular complexity index is 1310. The maximum Gasteiger partial charge on any atom is 0.291 e. The SMILES string of the molecule is COc1cccc2cc(C(=O)Nc3ccc4c(c3)CCCN4C(=O)c3ccccc3)oc12. The lowest BCUT2D eigenvalue weighted by Gasteiger charge is -2.30. The summed E-state index contributed by atoms with van der Waals surface area (Å²) in [4.78, 5) is 27.6. The smallest absolute Gasteiger partial charge is 0.291 e. The van der Waals surface area contributed by atoms with E-state index in [1.54, 1.807) is 19.2 Å². The van der Waals surface area contributed by atoms with Gasteiger partial charge in [0.1, 0.15) is 0 Å². The summed E-state index contributed by atoms with van der Waals surface area (Å²) in [5, 5.41) is 3.71. The molecule has 0 saturated heterocycles. The van der Waals surface area contributed by atoms with E-state index in [0.29, 0.717) is 29.1 Å². The van der Waals surface area contributed by atoms with Gasteiger partial charge < -0.3 is 19.4 Å². The largest absolute Gasteiger partial charge is 0.493 e. The maximum absolute atomic E-state index is 13.0. The van der Waals surface area contributed by atoms with E-state index in [-0.39, 0.29) is 17.6 Å². The summed E-state index contributed by atoms with van der Waals surface area (Å²) in [6, 6.07) is 22.1. The van der Waals surface area contributed by atoms with Crippen LogP contribution in [0.1, 0.15) is 32.9 Å². The Labute approximate surface area is 185 Å². The molecule has 0 aliphatic carbocycles. The molecule has 5 rings (SSSR count). The number of methoxy groups -OCH3 is 1. The van der Waals surface area contributed by atoms with Crippen molar-refractivity contribution in [1.82, 2.24) is 0 Å². The molecule has 0 radical (unpaired) electrons. The molecule has 2 heterocycles.